The molecule has 0 saturated carbocycles. The molecule has 1 aliphatic heterocycles. The van der Waals surface area contributed by atoms with Crippen LogP contribution in [0.1, 0.15) is 25.3 Å². The molecule has 7 heteroatoms. The number of sulfonamides is 1. The van der Waals surface area contributed by atoms with Crippen molar-refractivity contribution in [3.8, 4) is 5.75 Å². The number of ether oxygens (including phenoxy) is 1. The van der Waals surface area contributed by atoms with Crippen LogP contribution in [-0.4, -0.2) is 38.8 Å². The van der Waals surface area contributed by atoms with E-state index in [4.69, 9.17) is 4.74 Å². The number of nitrogens with zero attached hydrogens (tertiary/aromatic N) is 1. The minimum Gasteiger partial charge on any atom is -0.497 e. The van der Waals surface area contributed by atoms with Gasteiger partial charge in [-0.25, -0.2) is 8.42 Å². The maximum atomic E-state index is 13.0. The Morgan fingerprint density at radius 1 is 1.14 bits per heavy atom. The van der Waals surface area contributed by atoms with Crippen molar-refractivity contribution >= 4 is 15.9 Å². The Bertz CT molecular complexity index is 913. The molecule has 0 radical (unpaired) electrons. The monoisotopic (exact) mass is 402 g/mol. The molecule has 2 aromatic rings. The number of hydrogen-bond donors (Lipinski definition) is 1. The van der Waals surface area contributed by atoms with E-state index >= 15 is 0 Å². The molecule has 0 spiro atoms. The lowest BCUT2D eigenvalue weighted by molar-refractivity contribution is -0.132. The van der Waals surface area contributed by atoms with Crippen molar-refractivity contribution in [1.82, 2.24) is 9.62 Å². The van der Waals surface area contributed by atoms with Gasteiger partial charge in [0, 0.05) is 19.6 Å². The summed E-state index contributed by atoms with van der Waals surface area (Å²) in [6.07, 6.45) is 1.30. The third-order valence-corrected chi connectivity index (χ3v) is 7.06. The highest BCUT2D eigenvalue weighted by atomic mass is 32.2. The summed E-state index contributed by atoms with van der Waals surface area (Å²) in [5.74, 6) is 0.480. The van der Waals surface area contributed by atoms with Crippen molar-refractivity contribution in [2.45, 2.75) is 31.2 Å². The van der Waals surface area contributed by atoms with Gasteiger partial charge < -0.3 is 10.1 Å². The summed E-state index contributed by atoms with van der Waals surface area (Å²) in [4.78, 5) is 13.0. The maximum Gasteiger partial charge on any atom is 0.243 e. The van der Waals surface area contributed by atoms with Crippen LogP contribution in [0.4, 0.5) is 0 Å². The Balaban J connectivity index is 1.71. The van der Waals surface area contributed by atoms with Crippen molar-refractivity contribution in [3.63, 3.8) is 0 Å². The fraction of sp³-hybridized carbons (Fsp3) is 0.381. The van der Waals surface area contributed by atoms with Gasteiger partial charge in [0.15, 0.2) is 0 Å². The zero-order valence-electron chi connectivity index (χ0n) is 16.2. The van der Waals surface area contributed by atoms with Crippen molar-refractivity contribution in [2.75, 3.05) is 20.2 Å². The summed E-state index contributed by atoms with van der Waals surface area (Å²) in [6, 6.07) is 16.0. The third kappa shape index (κ3) is 4.36. The number of amides is 1. The van der Waals surface area contributed by atoms with Crippen molar-refractivity contribution < 1.29 is 17.9 Å². The number of carbonyl (C=O) groups is 1. The highest BCUT2D eigenvalue weighted by Gasteiger charge is 2.41. The highest BCUT2D eigenvalue weighted by molar-refractivity contribution is 7.89. The molecule has 0 unspecified atom stereocenters. The summed E-state index contributed by atoms with van der Waals surface area (Å²) >= 11 is 0. The molecular formula is C21H26N2O4S. The molecule has 1 fully saturated rings. The van der Waals surface area contributed by atoms with E-state index in [0.717, 1.165) is 5.56 Å². The molecule has 150 valence electrons. The number of piperidine rings is 1. The van der Waals surface area contributed by atoms with Gasteiger partial charge in [0.2, 0.25) is 15.9 Å². The molecule has 3 rings (SSSR count). The second kappa shape index (κ2) is 8.32. The van der Waals surface area contributed by atoms with Gasteiger partial charge in [0.05, 0.1) is 17.4 Å². The van der Waals surface area contributed by atoms with E-state index in [-0.39, 0.29) is 17.3 Å². The fourth-order valence-corrected chi connectivity index (χ4v) is 5.07. The molecule has 0 bridgehead atoms. The predicted molar refractivity (Wildman–Crippen MR) is 107 cm³/mol. The van der Waals surface area contributed by atoms with Crippen LogP contribution in [0.2, 0.25) is 0 Å². The molecule has 1 saturated heterocycles. The molecule has 28 heavy (non-hydrogen) atoms. The summed E-state index contributed by atoms with van der Waals surface area (Å²) in [6.45, 7) is 2.85. The Labute approximate surface area is 166 Å². The quantitative estimate of drug-likeness (QED) is 0.806. The van der Waals surface area contributed by atoms with Crippen LogP contribution in [0.15, 0.2) is 59.5 Å². The van der Waals surface area contributed by atoms with Crippen molar-refractivity contribution in [2.24, 2.45) is 5.41 Å². The number of carbonyl (C=O) groups excluding carboxylic acids is 1. The van der Waals surface area contributed by atoms with Crippen LogP contribution in [0, 0.1) is 5.41 Å². The lowest BCUT2D eigenvalue weighted by Crippen LogP contribution is -2.51. The lowest BCUT2D eigenvalue weighted by Gasteiger charge is -2.38. The van der Waals surface area contributed by atoms with Crippen molar-refractivity contribution in [1.29, 1.82) is 0 Å². The van der Waals surface area contributed by atoms with Gasteiger partial charge >= 0.3 is 0 Å². The first-order valence-corrected chi connectivity index (χ1v) is 10.8. The fourth-order valence-electron chi connectivity index (χ4n) is 3.47. The smallest absolute Gasteiger partial charge is 0.243 e. The number of methoxy groups -OCH3 is 1. The first kappa shape index (κ1) is 20.4. The first-order chi connectivity index (χ1) is 13.3. The van der Waals surface area contributed by atoms with Gasteiger partial charge in [-0.1, -0.05) is 30.3 Å². The molecule has 0 aliphatic carbocycles. The largest absolute Gasteiger partial charge is 0.497 e. The Kier molecular flexibility index (Phi) is 6.05. The number of nitrogens with one attached hydrogen (secondary N) is 1. The molecule has 1 atom stereocenters. The second-order valence-electron chi connectivity index (χ2n) is 7.35. The van der Waals surface area contributed by atoms with E-state index in [1.165, 1.54) is 23.5 Å². The maximum absolute atomic E-state index is 13.0. The number of rotatable bonds is 6. The van der Waals surface area contributed by atoms with Crippen LogP contribution >= 0.6 is 0 Å². The normalized spacial score (nSPS) is 20.5. The Hall–Kier alpha value is -2.38. The average molecular weight is 403 g/mol. The number of hydrogen-bond acceptors (Lipinski definition) is 4. The minimum atomic E-state index is -3.66. The minimum absolute atomic E-state index is 0.119. The van der Waals surface area contributed by atoms with Gasteiger partial charge in [0.25, 0.3) is 0 Å². The van der Waals surface area contributed by atoms with Crippen LogP contribution in [0.5, 0.6) is 5.75 Å². The van der Waals surface area contributed by atoms with E-state index in [1.54, 1.807) is 12.1 Å². The summed E-state index contributed by atoms with van der Waals surface area (Å²) < 4.78 is 32.6. The van der Waals surface area contributed by atoms with Crippen LogP contribution in [0.3, 0.4) is 0 Å². The van der Waals surface area contributed by atoms with E-state index in [1.807, 2.05) is 37.3 Å². The van der Waals surface area contributed by atoms with Crippen LogP contribution < -0.4 is 10.1 Å². The van der Waals surface area contributed by atoms with Crippen LogP contribution in [0.25, 0.3) is 0 Å². The number of benzene rings is 2. The van der Waals surface area contributed by atoms with Gasteiger partial charge in [-0.3, -0.25) is 4.79 Å². The molecule has 0 aromatic heterocycles. The zero-order valence-corrected chi connectivity index (χ0v) is 17.0. The predicted octanol–water partition coefficient (Wildman–Crippen LogP) is 2.80. The standard InChI is InChI=1S/C21H26N2O4S/c1-21(20(24)22-15-17-7-4-3-5-8-17)13-6-14-23(16-21)28(25,26)19-11-9-18(27-2)10-12-19/h3-5,7-12H,6,13-16H2,1-2H3,(H,22,24)/t21-/m1/s1. The Morgan fingerprint density at radius 2 is 1.82 bits per heavy atom. The molecular weight excluding hydrogens is 376 g/mol. The zero-order chi connectivity index (χ0) is 20.2. The first-order valence-electron chi connectivity index (χ1n) is 9.32. The van der Waals surface area contributed by atoms with Crippen LogP contribution in [-0.2, 0) is 21.4 Å². The Morgan fingerprint density at radius 3 is 2.46 bits per heavy atom. The van der Waals surface area contributed by atoms with Gasteiger partial charge in [-0.05, 0) is 49.6 Å². The SMILES string of the molecule is COc1ccc(S(=O)(=O)N2CCC[C@@](C)(C(=O)NCc3ccccc3)C2)cc1. The molecule has 1 N–H and O–H groups in total. The molecule has 1 aliphatic rings. The third-order valence-electron chi connectivity index (χ3n) is 5.20. The summed E-state index contributed by atoms with van der Waals surface area (Å²) in [5.41, 5.74) is 0.255. The summed E-state index contributed by atoms with van der Waals surface area (Å²) in [5, 5.41) is 2.96. The summed E-state index contributed by atoms with van der Waals surface area (Å²) in [7, 11) is -2.13. The second-order valence-corrected chi connectivity index (χ2v) is 9.28. The molecule has 1 amide bonds. The lowest BCUT2D eigenvalue weighted by atomic mass is 9.82. The van der Waals surface area contributed by atoms with E-state index in [2.05, 4.69) is 5.32 Å². The molecule has 2 aromatic carbocycles. The van der Waals surface area contributed by atoms with Gasteiger partial charge in [0.1, 0.15) is 5.75 Å². The van der Waals surface area contributed by atoms with Gasteiger partial charge in [-0.15, -0.1) is 0 Å². The molecule has 6 nitrogen and oxygen atoms in total. The van der Waals surface area contributed by atoms with E-state index in [9.17, 15) is 13.2 Å². The van der Waals surface area contributed by atoms with Gasteiger partial charge in [-0.2, -0.15) is 4.31 Å². The van der Waals surface area contributed by atoms with Crippen molar-refractivity contribution in [3.05, 3.63) is 60.2 Å². The highest BCUT2D eigenvalue weighted by Crippen LogP contribution is 2.33. The average Bonchev–Trinajstić information content (AvgIpc) is 2.72. The topological polar surface area (TPSA) is 75.7 Å². The van der Waals surface area contributed by atoms with E-state index < -0.39 is 15.4 Å². The van der Waals surface area contributed by atoms with E-state index in [0.29, 0.717) is 31.7 Å². The molecule has 1 heterocycles.